The van der Waals surface area contributed by atoms with Crippen LogP contribution in [-0.2, 0) is 16.1 Å². The molecule has 35 heavy (non-hydrogen) atoms. The minimum Gasteiger partial charge on any atom is -0.347 e. The van der Waals surface area contributed by atoms with Crippen LogP contribution in [0.3, 0.4) is 0 Å². The van der Waals surface area contributed by atoms with Crippen LogP contribution in [0.1, 0.15) is 65.4 Å². The number of carbonyl (C=O) groups is 4. The van der Waals surface area contributed by atoms with Gasteiger partial charge in [0, 0.05) is 43.2 Å². The van der Waals surface area contributed by atoms with Gasteiger partial charge in [-0.1, -0.05) is 11.3 Å². The number of nitrogens with zero attached hydrogens (tertiary/aromatic N) is 5. The van der Waals surface area contributed by atoms with Gasteiger partial charge in [0.25, 0.3) is 11.8 Å². The first kappa shape index (κ1) is 21.9. The maximum Gasteiger partial charge on any atom is 0.273 e. The first-order chi connectivity index (χ1) is 16.9. The highest BCUT2D eigenvalue weighted by atomic mass is 16.2. The lowest BCUT2D eigenvalue weighted by Crippen LogP contribution is -2.52. The number of carbonyl (C=O) groups excluding carboxylic acids is 4. The number of likely N-dealkylation sites (tertiary alicyclic amines) is 1. The number of benzene rings is 1. The molecular weight excluding hydrogens is 450 g/mol. The van der Waals surface area contributed by atoms with Crippen LogP contribution < -0.4 is 10.6 Å². The summed E-state index contributed by atoms with van der Waals surface area (Å²) >= 11 is 0. The Bertz CT molecular complexity index is 1240. The minimum absolute atomic E-state index is 0.0964. The first-order valence-corrected chi connectivity index (χ1v) is 12.1. The fourth-order valence-electron chi connectivity index (χ4n) is 5.51. The highest BCUT2D eigenvalue weighted by Gasteiger charge is 2.40. The summed E-state index contributed by atoms with van der Waals surface area (Å²) in [5.41, 5.74) is 2.11. The third-order valence-corrected chi connectivity index (χ3v) is 7.48. The molecule has 3 aliphatic heterocycles. The Morgan fingerprint density at radius 1 is 1.17 bits per heavy atom. The lowest BCUT2D eigenvalue weighted by Gasteiger charge is -2.29. The molecule has 4 heterocycles. The second-order valence-electron chi connectivity index (χ2n) is 9.97. The molecule has 11 heteroatoms. The van der Waals surface area contributed by atoms with E-state index in [-0.39, 0.29) is 35.9 Å². The molecule has 1 saturated carbocycles. The van der Waals surface area contributed by atoms with Gasteiger partial charge in [-0.05, 0) is 50.3 Å². The Labute approximate surface area is 201 Å². The largest absolute Gasteiger partial charge is 0.347 e. The maximum atomic E-state index is 13.1. The van der Waals surface area contributed by atoms with Crippen LogP contribution >= 0.6 is 0 Å². The molecule has 2 saturated heterocycles. The van der Waals surface area contributed by atoms with Gasteiger partial charge < -0.3 is 10.2 Å². The van der Waals surface area contributed by atoms with Gasteiger partial charge in [-0.25, -0.2) is 4.68 Å². The van der Waals surface area contributed by atoms with Crippen LogP contribution in [-0.4, -0.2) is 79.1 Å². The molecule has 1 aromatic heterocycles. The third kappa shape index (κ3) is 3.99. The molecule has 0 radical (unpaired) electrons. The Kier molecular flexibility index (Phi) is 5.17. The average molecular weight is 478 g/mol. The van der Waals surface area contributed by atoms with Crippen LogP contribution in [0.25, 0.3) is 5.69 Å². The van der Waals surface area contributed by atoms with Crippen molar-refractivity contribution < 1.29 is 19.2 Å². The Morgan fingerprint density at radius 2 is 2.00 bits per heavy atom. The van der Waals surface area contributed by atoms with Crippen LogP contribution in [0.5, 0.6) is 0 Å². The molecule has 0 bridgehead atoms. The molecule has 6 rings (SSSR count). The van der Waals surface area contributed by atoms with Crippen molar-refractivity contribution in [1.82, 2.24) is 35.4 Å². The molecule has 3 fully saturated rings. The second-order valence-corrected chi connectivity index (χ2v) is 9.97. The van der Waals surface area contributed by atoms with E-state index in [1.807, 2.05) is 12.1 Å². The van der Waals surface area contributed by atoms with E-state index in [0.29, 0.717) is 36.3 Å². The first-order valence-electron chi connectivity index (χ1n) is 12.1. The summed E-state index contributed by atoms with van der Waals surface area (Å²) in [6.45, 7) is 3.38. The van der Waals surface area contributed by atoms with Crippen molar-refractivity contribution in [1.29, 1.82) is 0 Å². The number of fused-ring (bicyclic) bond motifs is 1. The van der Waals surface area contributed by atoms with Crippen molar-refractivity contribution >= 4 is 23.6 Å². The normalized spacial score (nSPS) is 26.7. The van der Waals surface area contributed by atoms with E-state index in [0.717, 1.165) is 18.5 Å². The molecule has 4 amide bonds. The van der Waals surface area contributed by atoms with Crippen molar-refractivity contribution in [2.24, 2.45) is 0 Å². The van der Waals surface area contributed by atoms with Crippen molar-refractivity contribution in [3.05, 3.63) is 41.2 Å². The van der Waals surface area contributed by atoms with E-state index in [1.54, 1.807) is 12.3 Å². The lowest BCUT2D eigenvalue weighted by atomic mass is 10.0. The van der Waals surface area contributed by atoms with Crippen molar-refractivity contribution in [2.45, 2.75) is 69.7 Å². The number of hydrogen-bond donors (Lipinski definition) is 2. The minimum atomic E-state index is -0.660. The SMILES string of the molecule is CC1CC(NC(=O)c2cn(-c3ccc4c(c3)C(=O)N(C3CCC(=O)NC3=O)C4)nn2)CN1C1CC1. The van der Waals surface area contributed by atoms with Crippen LogP contribution in [0.15, 0.2) is 24.4 Å². The highest BCUT2D eigenvalue weighted by Crippen LogP contribution is 2.33. The van der Waals surface area contributed by atoms with Crippen LogP contribution in [0, 0.1) is 0 Å². The van der Waals surface area contributed by atoms with E-state index >= 15 is 0 Å². The summed E-state index contributed by atoms with van der Waals surface area (Å²) in [5, 5.41) is 13.5. The molecule has 2 N–H and O–H groups in total. The number of amides is 4. The molecule has 0 spiro atoms. The van der Waals surface area contributed by atoms with E-state index in [4.69, 9.17) is 0 Å². The fraction of sp³-hybridized carbons (Fsp3) is 0.500. The van der Waals surface area contributed by atoms with E-state index < -0.39 is 11.9 Å². The number of imide groups is 1. The molecule has 11 nitrogen and oxygen atoms in total. The van der Waals surface area contributed by atoms with Crippen LogP contribution in [0.2, 0.25) is 0 Å². The molecule has 3 unspecified atom stereocenters. The number of hydrogen-bond acceptors (Lipinski definition) is 7. The molecule has 182 valence electrons. The summed E-state index contributed by atoms with van der Waals surface area (Å²) < 4.78 is 1.48. The van der Waals surface area contributed by atoms with E-state index in [2.05, 4.69) is 32.8 Å². The lowest BCUT2D eigenvalue weighted by molar-refractivity contribution is -0.136. The predicted octanol–water partition coefficient (Wildman–Crippen LogP) is 0.383. The quantitative estimate of drug-likeness (QED) is 0.596. The molecule has 2 aromatic rings. The van der Waals surface area contributed by atoms with Gasteiger partial charge in [0.05, 0.1) is 11.9 Å². The second kappa shape index (κ2) is 8.26. The van der Waals surface area contributed by atoms with E-state index in [9.17, 15) is 19.2 Å². The van der Waals surface area contributed by atoms with Gasteiger partial charge in [-0.15, -0.1) is 5.10 Å². The van der Waals surface area contributed by atoms with Gasteiger partial charge in [-0.3, -0.25) is 29.4 Å². The Balaban J connectivity index is 1.14. The average Bonchev–Trinajstić information content (AvgIpc) is 3.28. The highest BCUT2D eigenvalue weighted by molar-refractivity contribution is 6.05. The Hall–Kier alpha value is -3.60. The topological polar surface area (TPSA) is 130 Å². The summed E-state index contributed by atoms with van der Waals surface area (Å²) in [7, 11) is 0. The number of rotatable bonds is 5. The summed E-state index contributed by atoms with van der Waals surface area (Å²) in [4.78, 5) is 53.5. The standard InChI is InChI=1S/C24H27N7O4/c1-13-8-15(11-29(13)16-4-5-16)25-22(33)19-12-31(28-27-19)17-3-2-14-10-30(24(35)18(14)9-17)20-6-7-21(32)26-23(20)34/h2-3,9,12-13,15-16,20H,4-8,10-11H2,1H3,(H,25,33)(H,26,32,34). The third-order valence-electron chi connectivity index (χ3n) is 7.48. The van der Waals surface area contributed by atoms with Gasteiger partial charge >= 0.3 is 0 Å². The Morgan fingerprint density at radius 3 is 2.77 bits per heavy atom. The molecule has 1 aromatic carbocycles. The molecule has 4 aliphatic rings. The maximum absolute atomic E-state index is 13.1. The number of nitrogens with one attached hydrogen (secondary N) is 2. The zero-order valence-corrected chi connectivity index (χ0v) is 19.4. The van der Waals surface area contributed by atoms with Gasteiger partial charge in [-0.2, -0.15) is 0 Å². The number of piperidine rings is 1. The van der Waals surface area contributed by atoms with E-state index in [1.165, 1.54) is 22.4 Å². The molecular formula is C24H27N7O4. The van der Waals surface area contributed by atoms with Crippen molar-refractivity contribution in [3.63, 3.8) is 0 Å². The van der Waals surface area contributed by atoms with Crippen molar-refractivity contribution in [2.75, 3.05) is 6.54 Å². The smallest absolute Gasteiger partial charge is 0.273 e. The summed E-state index contributed by atoms with van der Waals surface area (Å²) in [6, 6.07) is 5.90. The fourth-order valence-corrected chi connectivity index (χ4v) is 5.51. The molecule has 1 aliphatic carbocycles. The number of aromatic nitrogens is 3. The van der Waals surface area contributed by atoms with Gasteiger partial charge in [0.15, 0.2) is 5.69 Å². The summed E-state index contributed by atoms with van der Waals surface area (Å²) in [6.07, 6.45) is 5.50. The summed E-state index contributed by atoms with van der Waals surface area (Å²) in [5.74, 6) is -1.27. The van der Waals surface area contributed by atoms with Gasteiger partial charge in [0.2, 0.25) is 11.8 Å². The monoisotopic (exact) mass is 477 g/mol. The van der Waals surface area contributed by atoms with Crippen molar-refractivity contribution in [3.8, 4) is 5.69 Å². The zero-order chi connectivity index (χ0) is 24.3. The van der Waals surface area contributed by atoms with Gasteiger partial charge in [0.1, 0.15) is 6.04 Å². The predicted molar refractivity (Wildman–Crippen MR) is 122 cm³/mol. The zero-order valence-electron chi connectivity index (χ0n) is 19.4. The molecule has 3 atom stereocenters. The van der Waals surface area contributed by atoms with Crippen LogP contribution in [0.4, 0.5) is 0 Å².